The van der Waals surface area contributed by atoms with Crippen LogP contribution >= 0.6 is 27.5 Å². The van der Waals surface area contributed by atoms with Crippen LogP contribution in [0.3, 0.4) is 0 Å². The third-order valence-electron chi connectivity index (χ3n) is 2.13. The predicted octanol–water partition coefficient (Wildman–Crippen LogP) is 2.14. The van der Waals surface area contributed by atoms with Gasteiger partial charge in [0, 0.05) is 10.0 Å². The van der Waals surface area contributed by atoms with Crippen LogP contribution in [0.1, 0.15) is 11.9 Å². The lowest BCUT2D eigenvalue weighted by Crippen LogP contribution is -2.14. The van der Waals surface area contributed by atoms with E-state index in [0.29, 0.717) is 10.8 Å². The number of nitrogens with two attached hydrogens (primary N) is 1. The lowest BCUT2D eigenvalue weighted by molar-refractivity contribution is 0.237. The maximum atomic E-state index is 8.87. The Morgan fingerprint density at radius 1 is 1.53 bits per heavy atom. The summed E-state index contributed by atoms with van der Waals surface area (Å²) in [5.74, 6) is 0.606. The molecule has 0 spiro atoms. The van der Waals surface area contributed by atoms with Crippen LogP contribution in [-0.4, -0.2) is 21.9 Å². The van der Waals surface area contributed by atoms with Crippen LogP contribution < -0.4 is 5.73 Å². The molecule has 1 aromatic carbocycles. The molecule has 90 valence electrons. The second-order valence-corrected chi connectivity index (χ2v) is 4.64. The Labute approximate surface area is 111 Å². The first kappa shape index (κ1) is 12.5. The number of hydrogen-bond donors (Lipinski definition) is 2. The third kappa shape index (κ3) is 2.66. The van der Waals surface area contributed by atoms with E-state index in [2.05, 4.69) is 26.1 Å². The van der Waals surface area contributed by atoms with Crippen molar-refractivity contribution >= 4 is 27.5 Å². The number of rotatable bonds is 3. The summed E-state index contributed by atoms with van der Waals surface area (Å²) in [7, 11) is 0. The van der Waals surface area contributed by atoms with Gasteiger partial charge in [-0.05, 0) is 34.1 Å². The first-order valence-corrected chi connectivity index (χ1v) is 5.94. The van der Waals surface area contributed by atoms with Crippen LogP contribution in [0.5, 0.6) is 0 Å². The normalized spacial score (nSPS) is 12.7. The number of aliphatic hydroxyl groups excluding tert-OH is 1. The molecule has 5 nitrogen and oxygen atoms in total. The zero-order chi connectivity index (χ0) is 12.4. The van der Waals surface area contributed by atoms with E-state index < -0.39 is 6.04 Å². The van der Waals surface area contributed by atoms with Crippen molar-refractivity contribution in [2.75, 3.05) is 6.61 Å². The Morgan fingerprint density at radius 3 is 2.94 bits per heavy atom. The van der Waals surface area contributed by atoms with Gasteiger partial charge in [0.15, 0.2) is 0 Å². The highest BCUT2D eigenvalue weighted by atomic mass is 79.9. The lowest BCUT2D eigenvalue weighted by atomic mass is 10.2. The monoisotopic (exact) mass is 317 g/mol. The average molecular weight is 319 g/mol. The molecule has 0 saturated heterocycles. The maximum absolute atomic E-state index is 8.87. The van der Waals surface area contributed by atoms with Gasteiger partial charge >= 0.3 is 0 Å². The largest absolute Gasteiger partial charge is 0.394 e. The second-order valence-electron chi connectivity index (χ2n) is 3.37. The SMILES string of the molecule is N[C@@H](CO)c1nc(-c2ccc(Cl)c(Br)c2)no1. The molecule has 2 rings (SSSR count). The topological polar surface area (TPSA) is 85.2 Å². The molecule has 0 aliphatic carbocycles. The van der Waals surface area contributed by atoms with Gasteiger partial charge in [-0.25, -0.2) is 0 Å². The molecule has 3 N–H and O–H groups in total. The van der Waals surface area contributed by atoms with Gasteiger partial charge in [0.2, 0.25) is 11.7 Å². The van der Waals surface area contributed by atoms with E-state index >= 15 is 0 Å². The van der Waals surface area contributed by atoms with Gasteiger partial charge in [0.05, 0.1) is 11.6 Å². The zero-order valence-electron chi connectivity index (χ0n) is 8.60. The lowest BCUT2D eigenvalue weighted by Gasteiger charge is -1.99. The highest BCUT2D eigenvalue weighted by Crippen LogP contribution is 2.27. The van der Waals surface area contributed by atoms with Crippen molar-refractivity contribution in [2.24, 2.45) is 5.73 Å². The van der Waals surface area contributed by atoms with E-state index in [-0.39, 0.29) is 12.5 Å². The Kier molecular flexibility index (Phi) is 3.78. The minimum absolute atomic E-state index is 0.202. The summed E-state index contributed by atoms with van der Waals surface area (Å²) in [5.41, 5.74) is 6.31. The van der Waals surface area contributed by atoms with Gasteiger partial charge in [-0.3, -0.25) is 0 Å². The summed E-state index contributed by atoms with van der Waals surface area (Å²) in [6.07, 6.45) is 0. The fourth-order valence-electron chi connectivity index (χ4n) is 1.22. The quantitative estimate of drug-likeness (QED) is 0.905. The van der Waals surface area contributed by atoms with Gasteiger partial charge in [-0.2, -0.15) is 4.98 Å². The molecule has 2 aromatic rings. The number of aromatic nitrogens is 2. The summed E-state index contributed by atoms with van der Waals surface area (Å²) in [6.45, 7) is -0.244. The van der Waals surface area contributed by atoms with Crippen molar-refractivity contribution < 1.29 is 9.63 Å². The molecule has 0 bridgehead atoms. The van der Waals surface area contributed by atoms with Gasteiger partial charge in [-0.1, -0.05) is 16.8 Å². The molecule has 0 aliphatic rings. The first-order valence-electron chi connectivity index (χ1n) is 4.77. The van der Waals surface area contributed by atoms with Gasteiger partial charge in [0.25, 0.3) is 0 Å². The number of halogens is 2. The Hall–Kier alpha value is -0.950. The Bertz CT molecular complexity index is 532. The molecule has 0 unspecified atom stereocenters. The van der Waals surface area contributed by atoms with Crippen LogP contribution in [0.4, 0.5) is 0 Å². The third-order valence-corrected chi connectivity index (χ3v) is 3.35. The minimum Gasteiger partial charge on any atom is -0.394 e. The van der Waals surface area contributed by atoms with Crippen molar-refractivity contribution in [3.05, 3.63) is 33.6 Å². The first-order chi connectivity index (χ1) is 8.11. The number of hydrogen-bond acceptors (Lipinski definition) is 5. The summed E-state index contributed by atoms with van der Waals surface area (Å²) in [5, 5.41) is 13.3. The predicted molar refractivity (Wildman–Crippen MR) is 66.5 cm³/mol. The van der Waals surface area contributed by atoms with E-state index in [4.69, 9.17) is 27.0 Å². The fourth-order valence-corrected chi connectivity index (χ4v) is 1.71. The van der Waals surface area contributed by atoms with E-state index in [1.54, 1.807) is 18.2 Å². The van der Waals surface area contributed by atoms with E-state index in [0.717, 1.165) is 10.0 Å². The molecule has 1 heterocycles. The second kappa shape index (κ2) is 5.14. The van der Waals surface area contributed by atoms with E-state index in [1.807, 2.05) is 0 Å². The molecule has 0 aliphatic heterocycles. The van der Waals surface area contributed by atoms with Crippen LogP contribution in [0.2, 0.25) is 5.02 Å². The fraction of sp³-hybridized carbons (Fsp3) is 0.200. The Morgan fingerprint density at radius 2 is 2.29 bits per heavy atom. The van der Waals surface area contributed by atoms with Crippen molar-refractivity contribution in [1.29, 1.82) is 0 Å². The smallest absolute Gasteiger partial charge is 0.246 e. The van der Waals surface area contributed by atoms with E-state index in [9.17, 15) is 0 Å². The number of nitrogens with zero attached hydrogens (tertiary/aromatic N) is 2. The summed E-state index contributed by atoms with van der Waals surface area (Å²) >= 11 is 9.19. The van der Waals surface area contributed by atoms with Crippen LogP contribution in [0.15, 0.2) is 27.2 Å². The number of benzene rings is 1. The molecule has 17 heavy (non-hydrogen) atoms. The highest BCUT2D eigenvalue weighted by molar-refractivity contribution is 9.10. The number of aliphatic hydroxyl groups is 1. The van der Waals surface area contributed by atoms with E-state index in [1.165, 1.54) is 0 Å². The molecule has 7 heteroatoms. The summed E-state index contributed by atoms with van der Waals surface area (Å²) < 4.78 is 5.69. The summed E-state index contributed by atoms with van der Waals surface area (Å²) in [4.78, 5) is 4.10. The molecule has 1 aromatic heterocycles. The van der Waals surface area contributed by atoms with Crippen LogP contribution in [-0.2, 0) is 0 Å². The van der Waals surface area contributed by atoms with Crippen LogP contribution in [0, 0.1) is 0 Å². The maximum Gasteiger partial charge on any atom is 0.246 e. The minimum atomic E-state index is -0.660. The molecular formula is C10H9BrClN3O2. The molecule has 0 saturated carbocycles. The van der Waals surface area contributed by atoms with Crippen molar-refractivity contribution in [3.8, 4) is 11.4 Å². The van der Waals surface area contributed by atoms with Crippen molar-refractivity contribution in [3.63, 3.8) is 0 Å². The summed E-state index contributed by atoms with van der Waals surface area (Å²) in [6, 6.07) is 4.61. The average Bonchev–Trinajstić information content (AvgIpc) is 2.81. The molecule has 0 amide bonds. The van der Waals surface area contributed by atoms with Crippen molar-refractivity contribution in [2.45, 2.75) is 6.04 Å². The highest BCUT2D eigenvalue weighted by Gasteiger charge is 2.15. The molecule has 1 atom stereocenters. The van der Waals surface area contributed by atoms with Crippen LogP contribution in [0.25, 0.3) is 11.4 Å². The van der Waals surface area contributed by atoms with Crippen molar-refractivity contribution in [1.82, 2.24) is 10.1 Å². The molecule has 0 radical (unpaired) electrons. The van der Waals surface area contributed by atoms with Gasteiger partial charge < -0.3 is 15.4 Å². The standard InChI is InChI=1S/C10H9BrClN3O2/c11-6-3-5(1-2-7(6)12)9-14-10(17-15-9)8(13)4-16/h1-3,8,16H,4,13H2/t8-/m0/s1. The van der Waals surface area contributed by atoms with Gasteiger partial charge in [0.1, 0.15) is 6.04 Å². The molecular weight excluding hydrogens is 309 g/mol. The zero-order valence-corrected chi connectivity index (χ0v) is 10.9. The molecule has 0 fully saturated rings. The van der Waals surface area contributed by atoms with Gasteiger partial charge in [-0.15, -0.1) is 0 Å². The Balaban J connectivity index is 2.33.